The Labute approximate surface area is 80.0 Å². The van der Waals surface area contributed by atoms with E-state index in [1.54, 1.807) is 12.9 Å². The molecule has 0 saturated carbocycles. The minimum Gasteiger partial charge on any atom is -0.307 e. The number of hydrogen-bond acceptors (Lipinski definition) is 3. The van der Waals surface area contributed by atoms with Gasteiger partial charge < -0.3 is 4.52 Å². The summed E-state index contributed by atoms with van der Waals surface area (Å²) >= 11 is 0. The van der Waals surface area contributed by atoms with Gasteiger partial charge in [-0.05, 0) is 19.9 Å². The molecule has 0 amide bonds. The minimum absolute atomic E-state index is 0.374. The molecule has 0 aromatic heterocycles. The number of nitriles is 1. The quantitative estimate of drug-likeness (QED) is 0.623. The Kier molecular flexibility index (Phi) is 5.98. The lowest BCUT2D eigenvalue weighted by Gasteiger charge is -2.20. The zero-order valence-corrected chi connectivity index (χ0v) is 9.38. The summed E-state index contributed by atoms with van der Waals surface area (Å²) in [6.45, 7) is 4.88. The van der Waals surface area contributed by atoms with Crippen LogP contribution in [0.3, 0.4) is 0 Å². The average Bonchev–Trinajstić information content (AvgIpc) is 2.14. The van der Waals surface area contributed by atoms with Crippen molar-refractivity contribution in [1.29, 1.82) is 5.26 Å². The van der Waals surface area contributed by atoms with E-state index in [2.05, 4.69) is 0 Å². The van der Waals surface area contributed by atoms with Gasteiger partial charge in [-0.25, -0.2) is 4.67 Å². The molecule has 0 bridgehead atoms. The van der Waals surface area contributed by atoms with Gasteiger partial charge in [0.2, 0.25) is 0 Å². The predicted octanol–water partition coefficient (Wildman–Crippen LogP) is 2.43. The van der Waals surface area contributed by atoms with Gasteiger partial charge in [0.05, 0.1) is 6.61 Å². The van der Waals surface area contributed by atoms with Crippen LogP contribution in [0.1, 0.15) is 26.7 Å². The Morgan fingerprint density at radius 2 is 2.08 bits per heavy atom. The lowest BCUT2D eigenvalue weighted by molar-refractivity contribution is 0.280. The van der Waals surface area contributed by atoms with Gasteiger partial charge in [-0.15, -0.1) is 0 Å². The Bertz CT molecular complexity index is 225. The third-order valence-corrected chi connectivity index (χ3v) is 3.48. The second-order valence-electron chi connectivity index (χ2n) is 2.83. The van der Waals surface area contributed by atoms with Crippen molar-refractivity contribution in [2.45, 2.75) is 26.7 Å². The molecule has 5 heteroatoms. The third-order valence-electron chi connectivity index (χ3n) is 1.59. The van der Waals surface area contributed by atoms with Crippen LogP contribution >= 0.6 is 7.52 Å². The maximum absolute atomic E-state index is 11.8. The zero-order valence-electron chi connectivity index (χ0n) is 8.49. The largest absolute Gasteiger partial charge is 0.370 e. The van der Waals surface area contributed by atoms with Crippen molar-refractivity contribution in [3.63, 3.8) is 0 Å². The molecule has 1 unspecified atom stereocenters. The lowest BCUT2D eigenvalue weighted by atomic mass is 10.5. The molecular formula is C8H17N2O2P. The standard InChI is InChI=1S/C8H17N2O2P/c1-4-6-10(3)13(11,8-9)12-7-5-2/h4-7H2,1-3H3. The molecule has 0 saturated heterocycles. The fraction of sp³-hybridized carbons (Fsp3) is 0.875. The van der Waals surface area contributed by atoms with E-state index in [1.807, 2.05) is 13.8 Å². The van der Waals surface area contributed by atoms with Gasteiger partial charge >= 0.3 is 7.52 Å². The van der Waals surface area contributed by atoms with Gasteiger partial charge in [0, 0.05) is 6.54 Å². The Morgan fingerprint density at radius 1 is 1.46 bits per heavy atom. The van der Waals surface area contributed by atoms with Crippen molar-refractivity contribution in [3.05, 3.63) is 0 Å². The highest BCUT2D eigenvalue weighted by atomic mass is 31.2. The molecule has 0 aromatic rings. The average molecular weight is 204 g/mol. The van der Waals surface area contributed by atoms with Crippen LogP contribution in [0.15, 0.2) is 0 Å². The molecule has 0 rings (SSSR count). The van der Waals surface area contributed by atoms with Gasteiger partial charge in [0.15, 0.2) is 5.81 Å². The molecule has 76 valence electrons. The highest BCUT2D eigenvalue weighted by Crippen LogP contribution is 2.48. The van der Waals surface area contributed by atoms with Crippen molar-refractivity contribution in [3.8, 4) is 5.81 Å². The molecular weight excluding hydrogens is 187 g/mol. The number of hydrogen-bond donors (Lipinski definition) is 0. The van der Waals surface area contributed by atoms with Gasteiger partial charge in [-0.2, -0.15) is 5.26 Å². The highest BCUT2D eigenvalue weighted by molar-refractivity contribution is 7.61. The van der Waals surface area contributed by atoms with Gasteiger partial charge in [0.1, 0.15) is 0 Å². The number of rotatable bonds is 6. The minimum atomic E-state index is -3.19. The van der Waals surface area contributed by atoms with E-state index in [0.717, 1.165) is 12.8 Å². The zero-order chi connectivity index (χ0) is 10.3. The molecule has 4 nitrogen and oxygen atoms in total. The monoisotopic (exact) mass is 204 g/mol. The first-order chi connectivity index (χ1) is 6.10. The van der Waals surface area contributed by atoms with Crippen LogP contribution in [0.2, 0.25) is 0 Å². The van der Waals surface area contributed by atoms with E-state index in [1.165, 1.54) is 4.67 Å². The summed E-state index contributed by atoms with van der Waals surface area (Å²) in [5, 5.41) is 8.73. The first-order valence-electron chi connectivity index (χ1n) is 4.48. The Hall–Kier alpha value is -0.360. The van der Waals surface area contributed by atoms with Crippen molar-refractivity contribution in [2.24, 2.45) is 0 Å². The summed E-state index contributed by atoms with van der Waals surface area (Å²) in [6, 6.07) is 0. The van der Waals surface area contributed by atoms with Crippen LogP contribution in [0, 0.1) is 11.1 Å². The molecule has 0 aliphatic heterocycles. The summed E-state index contributed by atoms with van der Waals surface area (Å²) in [5.41, 5.74) is 0. The van der Waals surface area contributed by atoms with Crippen molar-refractivity contribution in [2.75, 3.05) is 20.2 Å². The van der Waals surface area contributed by atoms with Crippen molar-refractivity contribution >= 4 is 7.52 Å². The maximum Gasteiger partial charge on any atom is 0.370 e. The topological polar surface area (TPSA) is 53.3 Å². The van der Waals surface area contributed by atoms with E-state index in [0.29, 0.717) is 13.2 Å². The summed E-state index contributed by atoms with van der Waals surface area (Å²) in [5.74, 6) is 1.76. The predicted molar refractivity (Wildman–Crippen MR) is 52.4 cm³/mol. The Morgan fingerprint density at radius 3 is 2.46 bits per heavy atom. The van der Waals surface area contributed by atoms with E-state index >= 15 is 0 Å². The van der Waals surface area contributed by atoms with Crippen LogP contribution in [0.4, 0.5) is 0 Å². The van der Waals surface area contributed by atoms with E-state index in [4.69, 9.17) is 9.79 Å². The molecule has 1 atom stereocenters. The fourth-order valence-corrected chi connectivity index (χ4v) is 2.17. The number of nitrogens with zero attached hydrogens (tertiary/aromatic N) is 2. The second-order valence-corrected chi connectivity index (χ2v) is 5.02. The molecule has 0 aromatic carbocycles. The SMILES string of the molecule is CCCOP(=O)(C#N)N(C)CCC. The molecule has 0 aliphatic rings. The normalized spacial score (nSPS) is 15.3. The highest BCUT2D eigenvalue weighted by Gasteiger charge is 2.27. The van der Waals surface area contributed by atoms with Gasteiger partial charge in [-0.3, -0.25) is 4.57 Å². The smallest absolute Gasteiger partial charge is 0.307 e. The molecule has 0 spiro atoms. The first kappa shape index (κ1) is 12.6. The Balaban J connectivity index is 4.28. The fourth-order valence-electron chi connectivity index (χ4n) is 0.874. The van der Waals surface area contributed by atoms with Crippen LogP contribution < -0.4 is 0 Å². The summed E-state index contributed by atoms with van der Waals surface area (Å²) in [4.78, 5) is 0. The van der Waals surface area contributed by atoms with Gasteiger partial charge in [0.25, 0.3) is 0 Å². The third kappa shape index (κ3) is 3.91. The van der Waals surface area contributed by atoms with Crippen LogP contribution in [-0.4, -0.2) is 24.9 Å². The van der Waals surface area contributed by atoms with Gasteiger partial charge in [-0.1, -0.05) is 13.8 Å². The van der Waals surface area contributed by atoms with Crippen LogP contribution in [0.25, 0.3) is 0 Å². The van der Waals surface area contributed by atoms with E-state index in [-0.39, 0.29) is 0 Å². The van der Waals surface area contributed by atoms with E-state index < -0.39 is 7.52 Å². The molecule has 0 radical (unpaired) electrons. The molecule has 0 N–H and O–H groups in total. The summed E-state index contributed by atoms with van der Waals surface area (Å²) in [7, 11) is -1.53. The molecule has 0 heterocycles. The molecule has 0 aliphatic carbocycles. The second kappa shape index (κ2) is 6.15. The van der Waals surface area contributed by atoms with Crippen molar-refractivity contribution < 1.29 is 9.09 Å². The molecule has 13 heavy (non-hydrogen) atoms. The van der Waals surface area contributed by atoms with Crippen LogP contribution in [-0.2, 0) is 9.09 Å². The van der Waals surface area contributed by atoms with Crippen LogP contribution in [0.5, 0.6) is 0 Å². The lowest BCUT2D eigenvalue weighted by Crippen LogP contribution is -2.16. The van der Waals surface area contributed by atoms with Crippen molar-refractivity contribution in [1.82, 2.24) is 4.67 Å². The maximum atomic E-state index is 11.8. The molecule has 0 fully saturated rings. The van der Waals surface area contributed by atoms with E-state index in [9.17, 15) is 4.57 Å². The summed E-state index contributed by atoms with van der Waals surface area (Å²) < 4.78 is 18.3. The first-order valence-corrected chi connectivity index (χ1v) is 6.06. The summed E-state index contributed by atoms with van der Waals surface area (Å²) in [6.07, 6.45) is 1.63.